The second-order valence-electron chi connectivity index (χ2n) is 9.71. The summed E-state index contributed by atoms with van der Waals surface area (Å²) in [6.45, 7) is 6.05. The van der Waals surface area contributed by atoms with Crippen LogP contribution in [0.15, 0.2) is 54.9 Å². The molecule has 188 valence electrons. The molecule has 2 aromatic rings. The van der Waals surface area contributed by atoms with Crippen LogP contribution in [0.25, 0.3) is 0 Å². The van der Waals surface area contributed by atoms with E-state index in [4.69, 9.17) is 9.47 Å². The van der Waals surface area contributed by atoms with Crippen molar-refractivity contribution in [2.75, 3.05) is 6.54 Å². The number of piperidine rings is 1. The quantitative estimate of drug-likeness (QED) is 0.572. The monoisotopic (exact) mass is 481 g/mol. The van der Waals surface area contributed by atoms with Crippen molar-refractivity contribution in [1.29, 1.82) is 0 Å². The largest absolute Gasteiger partial charge is 0.451 e. The van der Waals surface area contributed by atoms with E-state index in [1.54, 1.807) is 39.2 Å². The van der Waals surface area contributed by atoms with Gasteiger partial charge in [-0.15, -0.1) is 0 Å². The molecule has 2 heterocycles. The molecule has 1 N–H and O–H groups in total. The van der Waals surface area contributed by atoms with Crippen LogP contribution in [0, 0.1) is 0 Å². The molecule has 1 aromatic heterocycles. The highest BCUT2D eigenvalue weighted by Crippen LogP contribution is 2.22. The maximum absolute atomic E-state index is 13.2. The average molecular weight is 482 g/mol. The molecule has 1 aliphatic heterocycles. The molecule has 1 saturated heterocycles. The number of amides is 2. The summed E-state index contributed by atoms with van der Waals surface area (Å²) in [6, 6.07) is 12.6. The summed E-state index contributed by atoms with van der Waals surface area (Å²) in [5, 5.41) is 2.85. The van der Waals surface area contributed by atoms with E-state index in [-0.39, 0.29) is 12.5 Å². The minimum atomic E-state index is -0.984. The number of benzene rings is 1. The molecule has 3 rings (SSSR count). The molecule has 0 radical (unpaired) electrons. The van der Waals surface area contributed by atoms with Crippen molar-refractivity contribution in [2.24, 2.45) is 0 Å². The number of nitrogens with zero attached hydrogens (tertiary/aromatic N) is 2. The Balaban J connectivity index is 1.69. The topological polar surface area (TPSA) is 97.8 Å². The number of carbonyl (C=O) groups excluding carboxylic acids is 3. The van der Waals surface area contributed by atoms with Gasteiger partial charge >= 0.3 is 12.1 Å². The molecule has 2 amide bonds. The van der Waals surface area contributed by atoms with Crippen LogP contribution in [-0.2, 0) is 32.0 Å². The molecule has 1 aliphatic rings. The fraction of sp³-hybridized carbons (Fsp3) is 0.481. The SMILES string of the molecule is CC(C)(C)OC(=O)N1CCCC[C@H]1C(=O)OC(CCc1ccccc1)C(=O)NCc1cccnc1. The van der Waals surface area contributed by atoms with Crippen molar-refractivity contribution in [3.05, 3.63) is 66.0 Å². The molecule has 0 aliphatic carbocycles. The Hall–Kier alpha value is -3.42. The van der Waals surface area contributed by atoms with E-state index in [1.807, 2.05) is 36.4 Å². The number of rotatable bonds is 8. The molecule has 1 unspecified atom stereocenters. The summed E-state index contributed by atoms with van der Waals surface area (Å²) >= 11 is 0. The molecule has 1 aromatic carbocycles. The third-order valence-corrected chi connectivity index (χ3v) is 5.68. The first-order valence-electron chi connectivity index (χ1n) is 12.1. The van der Waals surface area contributed by atoms with Gasteiger partial charge in [-0.2, -0.15) is 0 Å². The lowest BCUT2D eigenvalue weighted by molar-refractivity contribution is -0.162. The van der Waals surface area contributed by atoms with Gasteiger partial charge in [0.05, 0.1) is 0 Å². The van der Waals surface area contributed by atoms with Crippen molar-refractivity contribution in [3.8, 4) is 0 Å². The number of pyridine rings is 1. The van der Waals surface area contributed by atoms with E-state index in [0.717, 1.165) is 24.0 Å². The van der Waals surface area contributed by atoms with E-state index >= 15 is 0 Å². The first-order chi connectivity index (χ1) is 16.7. The van der Waals surface area contributed by atoms with Gasteiger partial charge in [-0.05, 0) is 70.1 Å². The molecule has 8 heteroatoms. The predicted molar refractivity (Wildman–Crippen MR) is 131 cm³/mol. The summed E-state index contributed by atoms with van der Waals surface area (Å²) in [6.07, 6.45) is 4.76. The first kappa shape index (κ1) is 26.2. The van der Waals surface area contributed by atoms with E-state index in [9.17, 15) is 14.4 Å². The highest BCUT2D eigenvalue weighted by Gasteiger charge is 2.37. The van der Waals surface area contributed by atoms with Crippen LogP contribution in [-0.4, -0.2) is 52.1 Å². The van der Waals surface area contributed by atoms with E-state index in [0.29, 0.717) is 25.8 Å². The van der Waals surface area contributed by atoms with Gasteiger partial charge < -0.3 is 14.8 Å². The highest BCUT2D eigenvalue weighted by molar-refractivity contribution is 5.86. The van der Waals surface area contributed by atoms with Crippen molar-refractivity contribution in [1.82, 2.24) is 15.2 Å². The summed E-state index contributed by atoms with van der Waals surface area (Å²) < 4.78 is 11.3. The fourth-order valence-electron chi connectivity index (χ4n) is 3.93. The molecular formula is C27H35N3O5. The summed E-state index contributed by atoms with van der Waals surface area (Å²) in [4.78, 5) is 44.5. The van der Waals surface area contributed by atoms with E-state index in [2.05, 4.69) is 10.3 Å². The Morgan fingerprint density at radius 3 is 2.51 bits per heavy atom. The molecule has 35 heavy (non-hydrogen) atoms. The highest BCUT2D eigenvalue weighted by atomic mass is 16.6. The first-order valence-corrected chi connectivity index (χ1v) is 12.1. The lowest BCUT2D eigenvalue weighted by atomic mass is 10.0. The van der Waals surface area contributed by atoms with Gasteiger partial charge in [0.1, 0.15) is 11.6 Å². The molecule has 0 spiro atoms. The maximum atomic E-state index is 13.2. The number of esters is 1. The smallest absolute Gasteiger partial charge is 0.411 e. The van der Waals surface area contributed by atoms with Gasteiger partial charge in [-0.1, -0.05) is 36.4 Å². The third kappa shape index (κ3) is 8.38. The molecule has 0 saturated carbocycles. The number of hydrogen-bond donors (Lipinski definition) is 1. The van der Waals surface area contributed by atoms with Gasteiger partial charge in [0.2, 0.25) is 0 Å². The zero-order valence-electron chi connectivity index (χ0n) is 20.7. The second kappa shape index (κ2) is 12.3. The van der Waals surface area contributed by atoms with Crippen LogP contribution in [0.3, 0.4) is 0 Å². The normalized spacial score (nSPS) is 16.8. The zero-order valence-corrected chi connectivity index (χ0v) is 20.7. The van der Waals surface area contributed by atoms with Crippen LogP contribution in [0.1, 0.15) is 57.6 Å². The molecule has 8 nitrogen and oxygen atoms in total. The molecule has 2 atom stereocenters. The van der Waals surface area contributed by atoms with Gasteiger partial charge in [0.25, 0.3) is 5.91 Å². The lowest BCUT2D eigenvalue weighted by Crippen LogP contribution is -2.51. The summed E-state index contributed by atoms with van der Waals surface area (Å²) in [5.74, 6) is -0.956. The summed E-state index contributed by atoms with van der Waals surface area (Å²) in [7, 11) is 0. The number of ether oxygens (including phenoxy) is 2. The van der Waals surface area contributed by atoms with Crippen molar-refractivity contribution >= 4 is 18.0 Å². The zero-order chi connectivity index (χ0) is 25.3. The van der Waals surface area contributed by atoms with Crippen molar-refractivity contribution in [3.63, 3.8) is 0 Å². The van der Waals surface area contributed by atoms with Crippen LogP contribution >= 0.6 is 0 Å². The fourth-order valence-corrected chi connectivity index (χ4v) is 3.93. The Labute approximate surface area is 207 Å². The number of nitrogens with one attached hydrogen (secondary N) is 1. The Kier molecular flexibility index (Phi) is 9.23. The van der Waals surface area contributed by atoms with Crippen molar-refractivity contribution in [2.45, 2.75) is 77.2 Å². The standard InChI is InChI=1S/C27H35N3O5/c1-27(2,3)35-26(33)30-17-8-7-13-22(30)25(32)34-23(15-14-20-10-5-4-6-11-20)24(31)29-19-21-12-9-16-28-18-21/h4-6,9-12,16,18,22-23H,7-8,13-15,17,19H2,1-3H3,(H,29,31)/t22-,23?/m0/s1. The average Bonchev–Trinajstić information content (AvgIpc) is 2.85. The Bertz CT molecular complexity index is 975. The van der Waals surface area contributed by atoms with Crippen molar-refractivity contribution < 1.29 is 23.9 Å². The number of likely N-dealkylation sites (tertiary alicyclic amines) is 1. The third-order valence-electron chi connectivity index (χ3n) is 5.68. The van der Waals surface area contributed by atoms with E-state index < -0.39 is 29.8 Å². The number of hydrogen-bond acceptors (Lipinski definition) is 6. The number of aryl methyl sites for hydroxylation is 1. The van der Waals surface area contributed by atoms with Crippen LogP contribution in [0.4, 0.5) is 4.79 Å². The van der Waals surface area contributed by atoms with Gasteiger partial charge in [0.15, 0.2) is 6.10 Å². The van der Waals surface area contributed by atoms with Gasteiger partial charge in [-0.25, -0.2) is 9.59 Å². The second-order valence-corrected chi connectivity index (χ2v) is 9.71. The van der Waals surface area contributed by atoms with Crippen LogP contribution in [0.2, 0.25) is 0 Å². The Morgan fingerprint density at radius 1 is 1.09 bits per heavy atom. The van der Waals surface area contributed by atoms with Crippen LogP contribution in [0.5, 0.6) is 0 Å². The van der Waals surface area contributed by atoms with Gasteiger partial charge in [-0.3, -0.25) is 14.7 Å². The predicted octanol–water partition coefficient (Wildman–Crippen LogP) is 4.03. The molecule has 0 bridgehead atoms. The van der Waals surface area contributed by atoms with E-state index in [1.165, 1.54) is 4.90 Å². The number of aromatic nitrogens is 1. The Morgan fingerprint density at radius 2 is 1.83 bits per heavy atom. The minimum absolute atomic E-state index is 0.277. The van der Waals surface area contributed by atoms with Crippen LogP contribution < -0.4 is 5.32 Å². The maximum Gasteiger partial charge on any atom is 0.411 e. The molecule has 1 fully saturated rings. The van der Waals surface area contributed by atoms with Gasteiger partial charge in [0, 0.05) is 25.5 Å². The minimum Gasteiger partial charge on any atom is -0.451 e. The summed E-state index contributed by atoms with van der Waals surface area (Å²) in [5.41, 5.74) is 1.21. The molecular weight excluding hydrogens is 446 g/mol. The lowest BCUT2D eigenvalue weighted by Gasteiger charge is -2.35. The number of carbonyl (C=O) groups is 3.